The molecule has 31 heavy (non-hydrogen) atoms. The molecule has 0 aromatic heterocycles. The lowest BCUT2D eigenvalue weighted by Crippen LogP contribution is -2.15. The average Bonchev–Trinajstić information content (AvgIpc) is 2.72. The Morgan fingerprint density at radius 3 is 1.55 bits per heavy atom. The van der Waals surface area contributed by atoms with Gasteiger partial charge in [0.15, 0.2) is 0 Å². The second-order valence-corrected chi connectivity index (χ2v) is 6.86. The Bertz CT molecular complexity index is 916. The quantitative estimate of drug-likeness (QED) is 0.441. The molecule has 0 N–H and O–H groups in total. The molecule has 0 bridgehead atoms. The van der Waals surface area contributed by atoms with Crippen LogP contribution in [0.2, 0.25) is 0 Å². The zero-order chi connectivity index (χ0) is 22.8. The molecule has 0 radical (unpaired) electrons. The van der Waals surface area contributed by atoms with Gasteiger partial charge in [-0.3, -0.25) is 9.59 Å². The van der Waals surface area contributed by atoms with Crippen LogP contribution in [0.1, 0.15) is 47.9 Å². The monoisotopic (exact) mass is 428 g/mol. The molecule has 0 aliphatic heterocycles. The molecule has 0 fully saturated rings. The van der Waals surface area contributed by atoms with E-state index in [0.717, 1.165) is 0 Å². The molecule has 0 saturated carbocycles. The molecule has 8 nitrogen and oxygen atoms in total. The standard InChI is InChI=1S/C23H24O8/c1-15(14-29-23(27)19-6-10-21(11-7-19)31-17(3)25)12-13-28-22(26)18-4-8-20(9-5-18)30-16(2)24/h4-11,15H,12-14H2,1-3H3. The van der Waals surface area contributed by atoms with Gasteiger partial charge < -0.3 is 18.9 Å². The highest BCUT2D eigenvalue weighted by atomic mass is 16.5. The number of hydrogen-bond donors (Lipinski definition) is 0. The lowest BCUT2D eigenvalue weighted by atomic mass is 10.1. The first kappa shape index (κ1) is 23.6. The summed E-state index contributed by atoms with van der Waals surface area (Å²) in [6.07, 6.45) is 0.510. The summed E-state index contributed by atoms with van der Waals surface area (Å²) in [4.78, 5) is 46.0. The van der Waals surface area contributed by atoms with E-state index in [-0.39, 0.29) is 19.1 Å². The van der Waals surface area contributed by atoms with Crippen molar-refractivity contribution in [1.29, 1.82) is 0 Å². The number of rotatable bonds is 9. The van der Waals surface area contributed by atoms with Gasteiger partial charge in [-0.1, -0.05) is 6.92 Å². The van der Waals surface area contributed by atoms with Crippen molar-refractivity contribution in [1.82, 2.24) is 0 Å². The van der Waals surface area contributed by atoms with Gasteiger partial charge in [-0.15, -0.1) is 0 Å². The van der Waals surface area contributed by atoms with Crippen molar-refractivity contribution < 1.29 is 38.1 Å². The van der Waals surface area contributed by atoms with E-state index in [2.05, 4.69) is 0 Å². The molecular weight excluding hydrogens is 404 g/mol. The fraction of sp³-hybridized carbons (Fsp3) is 0.304. The van der Waals surface area contributed by atoms with Gasteiger partial charge >= 0.3 is 23.9 Å². The Morgan fingerprint density at radius 2 is 1.13 bits per heavy atom. The number of ether oxygens (including phenoxy) is 4. The van der Waals surface area contributed by atoms with E-state index in [9.17, 15) is 19.2 Å². The predicted octanol–water partition coefficient (Wildman–Crippen LogP) is 3.58. The van der Waals surface area contributed by atoms with Crippen molar-refractivity contribution in [3.8, 4) is 11.5 Å². The Kier molecular flexibility index (Phi) is 8.75. The van der Waals surface area contributed by atoms with Crippen molar-refractivity contribution >= 4 is 23.9 Å². The second kappa shape index (κ2) is 11.5. The molecule has 1 unspecified atom stereocenters. The van der Waals surface area contributed by atoms with E-state index in [1.807, 2.05) is 6.92 Å². The highest BCUT2D eigenvalue weighted by Gasteiger charge is 2.13. The smallest absolute Gasteiger partial charge is 0.338 e. The second-order valence-electron chi connectivity index (χ2n) is 6.86. The number of hydrogen-bond acceptors (Lipinski definition) is 8. The fourth-order valence-corrected chi connectivity index (χ4v) is 2.47. The summed E-state index contributed by atoms with van der Waals surface area (Å²) in [7, 11) is 0. The van der Waals surface area contributed by atoms with E-state index in [1.54, 1.807) is 0 Å². The normalized spacial score (nSPS) is 11.2. The van der Waals surface area contributed by atoms with E-state index in [4.69, 9.17) is 18.9 Å². The van der Waals surface area contributed by atoms with Crippen molar-refractivity contribution in [2.24, 2.45) is 5.92 Å². The van der Waals surface area contributed by atoms with Crippen LogP contribution in [0.3, 0.4) is 0 Å². The van der Waals surface area contributed by atoms with Gasteiger partial charge in [0.25, 0.3) is 0 Å². The van der Waals surface area contributed by atoms with Gasteiger partial charge in [0.1, 0.15) is 11.5 Å². The maximum Gasteiger partial charge on any atom is 0.338 e. The number of carbonyl (C=O) groups is 4. The molecule has 0 heterocycles. The molecule has 8 heteroatoms. The molecule has 0 aliphatic rings. The molecule has 0 aliphatic carbocycles. The van der Waals surface area contributed by atoms with E-state index in [0.29, 0.717) is 29.0 Å². The summed E-state index contributed by atoms with van der Waals surface area (Å²) < 4.78 is 20.3. The molecule has 2 aromatic carbocycles. The first-order valence-corrected chi connectivity index (χ1v) is 9.66. The van der Waals surface area contributed by atoms with Gasteiger partial charge in [0, 0.05) is 13.8 Å². The minimum atomic E-state index is -0.494. The molecule has 0 amide bonds. The van der Waals surface area contributed by atoms with E-state index >= 15 is 0 Å². The maximum atomic E-state index is 12.1. The molecule has 0 spiro atoms. The van der Waals surface area contributed by atoms with Crippen LogP contribution < -0.4 is 9.47 Å². The van der Waals surface area contributed by atoms with Gasteiger partial charge in [-0.2, -0.15) is 0 Å². The summed E-state index contributed by atoms with van der Waals surface area (Å²) in [5.74, 6) is -1.20. The minimum absolute atomic E-state index is 0.0246. The van der Waals surface area contributed by atoms with E-state index < -0.39 is 23.9 Å². The number of carbonyl (C=O) groups excluding carboxylic acids is 4. The average molecular weight is 428 g/mol. The van der Waals surface area contributed by atoms with Gasteiger partial charge in [-0.05, 0) is 60.9 Å². The maximum absolute atomic E-state index is 12.1. The highest BCUT2D eigenvalue weighted by molar-refractivity contribution is 5.90. The third-order valence-electron chi connectivity index (χ3n) is 4.05. The van der Waals surface area contributed by atoms with Crippen LogP contribution in [0.5, 0.6) is 11.5 Å². The number of esters is 4. The Balaban J connectivity index is 1.71. The first-order chi connectivity index (χ1) is 14.7. The molecular formula is C23H24O8. The lowest BCUT2D eigenvalue weighted by molar-refractivity contribution is -0.132. The van der Waals surface area contributed by atoms with Crippen LogP contribution in [-0.2, 0) is 19.1 Å². The molecule has 1 atom stereocenters. The van der Waals surface area contributed by atoms with Crippen LogP contribution in [0, 0.1) is 5.92 Å². The molecule has 2 rings (SSSR count). The Labute approximate surface area is 180 Å². The van der Waals surface area contributed by atoms with Crippen molar-refractivity contribution in [3.63, 3.8) is 0 Å². The van der Waals surface area contributed by atoms with Crippen LogP contribution >= 0.6 is 0 Å². The largest absolute Gasteiger partial charge is 0.462 e. The zero-order valence-corrected chi connectivity index (χ0v) is 17.6. The van der Waals surface area contributed by atoms with E-state index in [1.165, 1.54) is 62.4 Å². The third kappa shape index (κ3) is 8.30. The molecule has 2 aromatic rings. The zero-order valence-electron chi connectivity index (χ0n) is 17.6. The summed E-state index contributed by atoms with van der Waals surface area (Å²) in [5.41, 5.74) is 0.680. The molecule has 0 saturated heterocycles. The topological polar surface area (TPSA) is 105 Å². The number of benzene rings is 2. The summed E-state index contributed by atoms with van der Waals surface area (Å²) in [6, 6.07) is 12.1. The Hall–Kier alpha value is -3.68. The minimum Gasteiger partial charge on any atom is -0.462 e. The summed E-state index contributed by atoms with van der Waals surface area (Å²) in [5, 5.41) is 0. The van der Waals surface area contributed by atoms with Crippen LogP contribution in [0.15, 0.2) is 48.5 Å². The van der Waals surface area contributed by atoms with Crippen LogP contribution in [0.25, 0.3) is 0 Å². The summed E-state index contributed by atoms with van der Waals surface area (Å²) in [6.45, 7) is 4.79. The van der Waals surface area contributed by atoms with Crippen LogP contribution in [-0.4, -0.2) is 37.1 Å². The SMILES string of the molecule is CC(=O)Oc1ccc(C(=O)OCCC(C)COC(=O)c2ccc(OC(C)=O)cc2)cc1. The molecule has 164 valence electrons. The fourth-order valence-electron chi connectivity index (χ4n) is 2.47. The summed E-state index contributed by atoms with van der Waals surface area (Å²) >= 11 is 0. The van der Waals surface area contributed by atoms with Gasteiger partial charge in [0.2, 0.25) is 0 Å². The predicted molar refractivity (Wildman–Crippen MR) is 110 cm³/mol. The van der Waals surface area contributed by atoms with Crippen molar-refractivity contribution in [2.45, 2.75) is 27.2 Å². The highest BCUT2D eigenvalue weighted by Crippen LogP contribution is 2.15. The van der Waals surface area contributed by atoms with Crippen molar-refractivity contribution in [2.75, 3.05) is 13.2 Å². The third-order valence-corrected chi connectivity index (χ3v) is 4.05. The van der Waals surface area contributed by atoms with Crippen molar-refractivity contribution in [3.05, 3.63) is 59.7 Å². The lowest BCUT2D eigenvalue weighted by Gasteiger charge is -2.13. The Morgan fingerprint density at radius 1 is 0.710 bits per heavy atom. The first-order valence-electron chi connectivity index (χ1n) is 9.66. The van der Waals surface area contributed by atoms with Crippen LogP contribution in [0.4, 0.5) is 0 Å². The van der Waals surface area contributed by atoms with Gasteiger partial charge in [-0.25, -0.2) is 9.59 Å². The van der Waals surface area contributed by atoms with Gasteiger partial charge in [0.05, 0.1) is 24.3 Å².